The van der Waals surface area contributed by atoms with Crippen molar-refractivity contribution in [2.45, 2.75) is 19.8 Å². The van der Waals surface area contributed by atoms with E-state index in [0.717, 1.165) is 0 Å². The molecule has 23 heavy (non-hydrogen) atoms. The van der Waals surface area contributed by atoms with E-state index in [0.29, 0.717) is 25.1 Å². The quantitative estimate of drug-likeness (QED) is 0.826. The van der Waals surface area contributed by atoms with Crippen molar-refractivity contribution in [3.63, 3.8) is 0 Å². The van der Waals surface area contributed by atoms with Gasteiger partial charge in [0, 0.05) is 13.1 Å². The predicted octanol–water partition coefficient (Wildman–Crippen LogP) is 0.786. The molecule has 2 amide bonds. The monoisotopic (exact) mass is 339 g/mol. The number of para-hydroxylation sites is 1. The highest BCUT2D eigenvalue weighted by Gasteiger charge is 2.31. The summed E-state index contributed by atoms with van der Waals surface area (Å²) < 4.78 is 25.3. The zero-order chi connectivity index (χ0) is 17.0. The van der Waals surface area contributed by atoms with Crippen molar-refractivity contribution in [1.29, 1.82) is 0 Å². The number of sulfonamides is 1. The van der Waals surface area contributed by atoms with Crippen LogP contribution in [0.3, 0.4) is 0 Å². The first-order chi connectivity index (χ1) is 10.8. The van der Waals surface area contributed by atoms with Gasteiger partial charge in [-0.1, -0.05) is 12.1 Å². The zero-order valence-electron chi connectivity index (χ0n) is 13.0. The summed E-state index contributed by atoms with van der Waals surface area (Å²) >= 11 is 0. The number of hydrogen-bond acceptors (Lipinski definition) is 4. The van der Waals surface area contributed by atoms with Crippen LogP contribution in [0.5, 0.6) is 0 Å². The van der Waals surface area contributed by atoms with E-state index < -0.39 is 21.8 Å². The lowest BCUT2D eigenvalue weighted by Gasteiger charge is -2.31. The Morgan fingerprint density at radius 3 is 2.70 bits per heavy atom. The fourth-order valence-electron chi connectivity index (χ4n) is 2.63. The van der Waals surface area contributed by atoms with Gasteiger partial charge in [-0.3, -0.25) is 9.59 Å². The van der Waals surface area contributed by atoms with Gasteiger partial charge in [-0.05, 0) is 31.9 Å². The molecule has 0 bridgehead atoms. The van der Waals surface area contributed by atoms with Gasteiger partial charge in [0.15, 0.2) is 0 Å². The smallest absolute Gasteiger partial charge is 0.250 e. The number of amides is 2. The molecule has 1 fully saturated rings. The van der Waals surface area contributed by atoms with Gasteiger partial charge in [0.1, 0.15) is 0 Å². The first-order valence-corrected chi connectivity index (χ1v) is 9.13. The fraction of sp³-hybridized carbons (Fsp3) is 0.467. The number of hydrogen-bond donors (Lipinski definition) is 2. The van der Waals surface area contributed by atoms with Crippen LogP contribution in [0.4, 0.5) is 5.69 Å². The molecule has 2 rings (SSSR count). The van der Waals surface area contributed by atoms with Crippen LogP contribution in [0, 0.1) is 5.92 Å². The maximum absolute atomic E-state index is 12.4. The molecular formula is C15H21N3O4S. The summed E-state index contributed by atoms with van der Waals surface area (Å²) in [5, 5.41) is 2.69. The van der Waals surface area contributed by atoms with E-state index in [1.807, 2.05) is 0 Å². The lowest BCUT2D eigenvalue weighted by Crippen LogP contribution is -2.44. The van der Waals surface area contributed by atoms with Crippen molar-refractivity contribution >= 4 is 27.5 Å². The number of carbonyl (C=O) groups excluding carboxylic acids is 2. The molecule has 1 aliphatic heterocycles. The number of anilines is 1. The van der Waals surface area contributed by atoms with Crippen LogP contribution in [0.1, 0.15) is 30.1 Å². The summed E-state index contributed by atoms with van der Waals surface area (Å²) in [7, 11) is -3.30. The van der Waals surface area contributed by atoms with Crippen molar-refractivity contribution in [1.82, 2.24) is 4.31 Å². The third-order valence-corrected chi connectivity index (χ3v) is 5.81. The molecule has 1 saturated heterocycles. The summed E-state index contributed by atoms with van der Waals surface area (Å²) in [6.07, 6.45) is 1.25. The molecule has 1 aromatic rings. The Morgan fingerprint density at radius 2 is 2.04 bits per heavy atom. The van der Waals surface area contributed by atoms with E-state index in [4.69, 9.17) is 5.73 Å². The summed E-state index contributed by atoms with van der Waals surface area (Å²) in [6, 6.07) is 6.48. The Labute approximate surface area is 135 Å². The summed E-state index contributed by atoms with van der Waals surface area (Å²) in [5.74, 6) is -1.34. The Balaban J connectivity index is 2.11. The molecule has 0 spiro atoms. The van der Waals surface area contributed by atoms with Crippen molar-refractivity contribution in [3.8, 4) is 0 Å². The molecule has 126 valence electrons. The molecule has 8 heteroatoms. The molecule has 1 aromatic carbocycles. The molecule has 0 aromatic heterocycles. The summed E-state index contributed by atoms with van der Waals surface area (Å²) in [5.41, 5.74) is 5.87. The second-order valence-electron chi connectivity index (χ2n) is 5.50. The minimum absolute atomic E-state index is 0.0197. The van der Waals surface area contributed by atoms with E-state index in [2.05, 4.69) is 5.32 Å². The number of nitrogens with zero attached hydrogens (tertiary/aromatic N) is 1. The molecule has 1 aliphatic rings. The summed E-state index contributed by atoms with van der Waals surface area (Å²) in [4.78, 5) is 23.8. The third kappa shape index (κ3) is 4.08. The topological polar surface area (TPSA) is 110 Å². The Morgan fingerprint density at radius 1 is 1.35 bits per heavy atom. The highest BCUT2D eigenvalue weighted by molar-refractivity contribution is 7.89. The Kier molecular flexibility index (Phi) is 5.38. The van der Waals surface area contributed by atoms with Gasteiger partial charge < -0.3 is 11.1 Å². The summed E-state index contributed by atoms with van der Waals surface area (Å²) in [6.45, 7) is 2.20. The Bertz CT molecular complexity index is 702. The minimum atomic E-state index is -3.30. The predicted molar refractivity (Wildman–Crippen MR) is 87.3 cm³/mol. The fourth-order valence-corrected chi connectivity index (χ4v) is 3.81. The SMILES string of the molecule is CCS(=O)(=O)N1CCCC(C(=O)Nc2ccccc2C(N)=O)C1. The molecule has 3 N–H and O–H groups in total. The highest BCUT2D eigenvalue weighted by Crippen LogP contribution is 2.22. The van der Waals surface area contributed by atoms with Gasteiger partial charge in [-0.15, -0.1) is 0 Å². The maximum atomic E-state index is 12.4. The first-order valence-electron chi connectivity index (χ1n) is 7.52. The van der Waals surface area contributed by atoms with Gasteiger partial charge in [-0.25, -0.2) is 12.7 Å². The van der Waals surface area contributed by atoms with Gasteiger partial charge in [-0.2, -0.15) is 0 Å². The number of benzene rings is 1. The zero-order valence-corrected chi connectivity index (χ0v) is 13.8. The van der Waals surface area contributed by atoms with E-state index in [9.17, 15) is 18.0 Å². The number of rotatable bonds is 5. The maximum Gasteiger partial charge on any atom is 0.250 e. The lowest BCUT2D eigenvalue weighted by molar-refractivity contribution is -0.120. The van der Waals surface area contributed by atoms with Crippen LogP contribution in [0.25, 0.3) is 0 Å². The van der Waals surface area contributed by atoms with E-state index in [-0.39, 0.29) is 23.8 Å². The molecule has 0 saturated carbocycles. The van der Waals surface area contributed by atoms with E-state index >= 15 is 0 Å². The van der Waals surface area contributed by atoms with E-state index in [1.54, 1.807) is 25.1 Å². The normalized spacial score (nSPS) is 19.3. The highest BCUT2D eigenvalue weighted by atomic mass is 32.2. The van der Waals surface area contributed by atoms with Crippen molar-refractivity contribution in [2.75, 3.05) is 24.2 Å². The second kappa shape index (κ2) is 7.10. The van der Waals surface area contributed by atoms with Gasteiger partial charge in [0.2, 0.25) is 15.9 Å². The molecule has 1 unspecified atom stereocenters. The largest absolute Gasteiger partial charge is 0.366 e. The molecule has 0 aliphatic carbocycles. The van der Waals surface area contributed by atoms with Crippen molar-refractivity contribution in [2.24, 2.45) is 11.7 Å². The number of piperidine rings is 1. The average molecular weight is 339 g/mol. The molecule has 1 atom stereocenters. The number of carbonyl (C=O) groups is 2. The van der Waals surface area contributed by atoms with Crippen LogP contribution in [-0.2, 0) is 14.8 Å². The Hall–Kier alpha value is -1.93. The van der Waals surface area contributed by atoms with Crippen LogP contribution in [0.2, 0.25) is 0 Å². The second-order valence-corrected chi connectivity index (χ2v) is 7.75. The average Bonchev–Trinajstić information content (AvgIpc) is 2.55. The first kappa shape index (κ1) is 17.4. The number of primary amides is 1. The third-order valence-electron chi connectivity index (χ3n) is 3.96. The van der Waals surface area contributed by atoms with Crippen molar-refractivity contribution < 1.29 is 18.0 Å². The van der Waals surface area contributed by atoms with Crippen LogP contribution >= 0.6 is 0 Å². The standard InChI is InChI=1S/C15H21N3O4S/c1-2-23(21,22)18-9-5-6-11(10-18)15(20)17-13-8-4-3-7-12(13)14(16)19/h3-4,7-8,11H,2,5-6,9-10H2,1H3,(H2,16,19)(H,17,20). The number of nitrogens with two attached hydrogens (primary N) is 1. The minimum Gasteiger partial charge on any atom is -0.366 e. The van der Waals surface area contributed by atoms with Gasteiger partial charge in [0.05, 0.1) is 22.9 Å². The lowest BCUT2D eigenvalue weighted by atomic mass is 9.98. The molecule has 7 nitrogen and oxygen atoms in total. The van der Waals surface area contributed by atoms with Crippen LogP contribution < -0.4 is 11.1 Å². The van der Waals surface area contributed by atoms with E-state index in [1.165, 1.54) is 10.4 Å². The van der Waals surface area contributed by atoms with Gasteiger partial charge >= 0.3 is 0 Å². The van der Waals surface area contributed by atoms with Crippen LogP contribution in [-0.4, -0.2) is 43.4 Å². The number of nitrogens with one attached hydrogen (secondary N) is 1. The van der Waals surface area contributed by atoms with Gasteiger partial charge in [0.25, 0.3) is 5.91 Å². The van der Waals surface area contributed by atoms with Crippen LogP contribution in [0.15, 0.2) is 24.3 Å². The van der Waals surface area contributed by atoms with Crippen molar-refractivity contribution in [3.05, 3.63) is 29.8 Å². The molecule has 0 radical (unpaired) electrons. The molecular weight excluding hydrogens is 318 g/mol. The molecule has 1 heterocycles.